The van der Waals surface area contributed by atoms with Crippen LogP contribution in [0.25, 0.3) is 11.1 Å². The van der Waals surface area contributed by atoms with Crippen molar-refractivity contribution in [2.45, 2.75) is 0 Å². The molecular formula is C12H10N4O2. The van der Waals surface area contributed by atoms with E-state index < -0.39 is 11.8 Å². The number of aromatic nitrogens is 2. The maximum Gasteiger partial charge on any atom is 0.267 e. The maximum atomic E-state index is 11.4. The van der Waals surface area contributed by atoms with E-state index in [-0.39, 0.29) is 11.4 Å². The second-order valence-corrected chi connectivity index (χ2v) is 3.56. The highest BCUT2D eigenvalue weighted by Gasteiger charge is 2.14. The fraction of sp³-hybridized carbons (Fsp3) is 0. The Morgan fingerprint density at radius 3 is 2.39 bits per heavy atom. The summed E-state index contributed by atoms with van der Waals surface area (Å²) in [5.41, 5.74) is 11.6. The van der Waals surface area contributed by atoms with Crippen LogP contribution in [-0.2, 0) is 0 Å². The van der Waals surface area contributed by atoms with Crippen LogP contribution in [0.15, 0.2) is 36.7 Å². The lowest BCUT2D eigenvalue weighted by Crippen LogP contribution is -2.19. The first kappa shape index (κ1) is 11.7. The van der Waals surface area contributed by atoms with Gasteiger partial charge in [-0.2, -0.15) is 0 Å². The summed E-state index contributed by atoms with van der Waals surface area (Å²) in [7, 11) is 0. The number of carbonyl (C=O) groups is 2. The van der Waals surface area contributed by atoms with Crippen molar-refractivity contribution >= 4 is 11.8 Å². The zero-order chi connectivity index (χ0) is 13.1. The van der Waals surface area contributed by atoms with Crippen LogP contribution in [0.5, 0.6) is 0 Å². The summed E-state index contributed by atoms with van der Waals surface area (Å²) in [5.74, 6) is -1.44. The Kier molecular flexibility index (Phi) is 3.01. The van der Waals surface area contributed by atoms with Gasteiger partial charge in [0.05, 0.1) is 0 Å². The molecule has 0 radical (unpaired) electrons. The molecule has 2 amide bonds. The molecule has 0 fully saturated rings. The molecule has 90 valence electrons. The van der Waals surface area contributed by atoms with Crippen LogP contribution in [0.4, 0.5) is 0 Å². The number of hydrogen-bond acceptors (Lipinski definition) is 4. The predicted molar refractivity (Wildman–Crippen MR) is 64.5 cm³/mol. The Bertz CT molecular complexity index is 611. The molecule has 0 atom stereocenters. The van der Waals surface area contributed by atoms with Crippen LogP contribution >= 0.6 is 0 Å². The Morgan fingerprint density at radius 1 is 1.06 bits per heavy atom. The molecule has 2 aromatic rings. The maximum absolute atomic E-state index is 11.4. The molecule has 0 aromatic carbocycles. The van der Waals surface area contributed by atoms with E-state index in [1.807, 2.05) is 0 Å². The molecule has 6 heteroatoms. The Labute approximate surface area is 103 Å². The van der Waals surface area contributed by atoms with Crippen LogP contribution in [0, 0.1) is 0 Å². The van der Waals surface area contributed by atoms with Gasteiger partial charge in [-0.3, -0.25) is 14.6 Å². The summed E-state index contributed by atoms with van der Waals surface area (Å²) in [4.78, 5) is 30.2. The molecule has 2 heterocycles. The van der Waals surface area contributed by atoms with E-state index in [1.165, 1.54) is 6.07 Å². The number of nitrogens with zero attached hydrogens (tertiary/aromatic N) is 2. The average molecular weight is 242 g/mol. The highest BCUT2D eigenvalue weighted by molar-refractivity contribution is 6.00. The quantitative estimate of drug-likeness (QED) is 0.808. The molecule has 0 saturated heterocycles. The van der Waals surface area contributed by atoms with Gasteiger partial charge in [0.1, 0.15) is 11.4 Å². The molecule has 0 aliphatic rings. The lowest BCUT2D eigenvalue weighted by atomic mass is 10.0. The highest BCUT2D eigenvalue weighted by atomic mass is 16.1. The van der Waals surface area contributed by atoms with Crippen LogP contribution in [0.3, 0.4) is 0 Å². The second-order valence-electron chi connectivity index (χ2n) is 3.56. The van der Waals surface area contributed by atoms with Gasteiger partial charge in [-0.15, -0.1) is 0 Å². The Balaban J connectivity index is 2.61. The first-order chi connectivity index (χ1) is 8.59. The summed E-state index contributed by atoms with van der Waals surface area (Å²) < 4.78 is 0. The van der Waals surface area contributed by atoms with Crippen molar-refractivity contribution in [2.24, 2.45) is 11.5 Å². The standard InChI is InChI=1S/C12H10N4O2/c13-11(17)9-4-3-8(10(16-9)12(14)18)7-2-1-5-15-6-7/h1-6H,(H2,13,17)(H2,14,18). The first-order valence-electron chi connectivity index (χ1n) is 5.10. The minimum absolute atomic E-state index is 0.000648. The zero-order valence-electron chi connectivity index (χ0n) is 9.33. The minimum Gasteiger partial charge on any atom is -0.364 e. The van der Waals surface area contributed by atoms with Crippen LogP contribution in [0.1, 0.15) is 21.0 Å². The fourth-order valence-electron chi connectivity index (χ4n) is 1.54. The molecule has 2 rings (SSSR count). The number of hydrogen-bond donors (Lipinski definition) is 2. The number of amides is 2. The molecule has 0 saturated carbocycles. The van der Waals surface area contributed by atoms with Crippen molar-refractivity contribution in [2.75, 3.05) is 0 Å². The molecule has 4 N–H and O–H groups in total. The Morgan fingerprint density at radius 2 is 1.83 bits per heavy atom. The second kappa shape index (κ2) is 4.62. The SMILES string of the molecule is NC(=O)c1ccc(-c2cccnc2)c(C(N)=O)n1. The van der Waals surface area contributed by atoms with Crippen molar-refractivity contribution in [3.8, 4) is 11.1 Å². The summed E-state index contributed by atoms with van der Waals surface area (Å²) in [6, 6.07) is 6.50. The molecule has 0 bridgehead atoms. The lowest BCUT2D eigenvalue weighted by Gasteiger charge is -2.06. The van der Waals surface area contributed by atoms with E-state index in [2.05, 4.69) is 9.97 Å². The van der Waals surface area contributed by atoms with E-state index in [0.717, 1.165) is 0 Å². The number of carbonyl (C=O) groups excluding carboxylic acids is 2. The largest absolute Gasteiger partial charge is 0.364 e. The van der Waals surface area contributed by atoms with Gasteiger partial charge in [-0.05, 0) is 18.2 Å². The topological polar surface area (TPSA) is 112 Å². The van der Waals surface area contributed by atoms with Gasteiger partial charge in [0.2, 0.25) is 0 Å². The summed E-state index contributed by atoms with van der Waals surface area (Å²) in [5, 5.41) is 0. The van der Waals surface area contributed by atoms with Crippen molar-refractivity contribution in [3.05, 3.63) is 48.0 Å². The van der Waals surface area contributed by atoms with E-state index in [4.69, 9.17) is 11.5 Å². The minimum atomic E-state index is -0.725. The molecular weight excluding hydrogens is 232 g/mol. The fourth-order valence-corrected chi connectivity index (χ4v) is 1.54. The molecule has 18 heavy (non-hydrogen) atoms. The van der Waals surface area contributed by atoms with E-state index >= 15 is 0 Å². The van der Waals surface area contributed by atoms with Crippen molar-refractivity contribution < 1.29 is 9.59 Å². The van der Waals surface area contributed by atoms with E-state index in [0.29, 0.717) is 11.1 Å². The van der Waals surface area contributed by atoms with E-state index in [9.17, 15) is 9.59 Å². The van der Waals surface area contributed by atoms with Gasteiger partial charge >= 0.3 is 0 Å². The molecule has 0 aliphatic carbocycles. The third kappa shape index (κ3) is 2.17. The molecule has 0 spiro atoms. The van der Waals surface area contributed by atoms with Crippen molar-refractivity contribution in [1.29, 1.82) is 0 Å². The van der Waals surface area contributed by atoms with Gasteiger partial charge in [0, 0.05) is 23.5 Å². The van der Waals surface area contributed by atoms with Gasteiger partial charge in [-0.25, -0.2) is 4.98 Å². The third-order valence-corrected chi connectivity index (χ3v) is 2.35. The zero-order valence-corrected chi connectivity index (χ0v) is 9.33. The predicted octanol–water partition coefficient (Wildman–Crippen LogP) is 0.341. The molecule has 0 aliphatic heterocycles. The highest BCUT2D eigenvalue weighted by Crippen LogP contribution is 2.21. The third-order valence-electron chi connectivity index (χ3n) is 2.35. The first-order valence-corrected chi connectivity index (χ1v) is 5.10. The lowest BCUT2D eigenvalue weighted by molar-refractivity contribution is 0.0993. The summed E-state index contributed by atoms with van der Waals surface area (Å²) in [6.07, 6.45) is 3.19. The number of primary amides is 2. The van der Waals surface area contributed by atoms with E-state index in [1.54, 1.807) is 30.6 Å². The van der Waals surface area contributed by atoms with Gasteiger partial charge in [-0.1, -0.05) is 6.07 Å². The monoisotopic (exact) mass is 242 g/mol. The summed E-state index contributed by atoms with van der Waals surface area (Å²) >= 11 is 0. The van der Waals surface area contributed by atoms with Gasteiger partial charge in [0.15, 0.2) is 0 Å². The number of nitrogens with two attached hydrogens (primary N) is 2. The number of rotatable bonds is 3. The van der Waals surface area contributed by atoms with Crippen molar-refractivity contribution in [1.82, 2.24) is 9.97 Å². The van der Waals surface area contributed by atoms with Crippen LogP contribution in [-0.4, -0.2) is 21.8 Å². The molecule has 2 aromatic heterocycles. The molecule has 0 unspecified atom stereocenters. The van der Waals surface area contributed by atoms with Gasteiger partial charge in [0.25, 0.3) is 11.8 Å². The number of pyridine rings is 2. The smallest absolute Gasteiger partial charge is 0.267 e. The Hall–Kier alpha value is -2.76. The molecule has 6 nitrogen and oxygen atoms in total. The normalized spacial score (nSPS) is 10.0. The average Bonchev–Trinajstić information content (AvgIpc) is 2.39. The summed E-state index contributed by atoms with van der Waals surface area (Å²) in [6.45, 7) is 0. The van der Waals surface area contributed by atoms with Gasteiger partial charge < -0.3 is 11.5 Å². The van der Waals surface area contributed by atoms with Crippen molar-refractivity contribution in [3.63, 3.8) is 0 Å². The van der Waals surface area contributed by atoms with Crippen LogP contribution < -0.4 is 11.5 Å². The van der Waals surface area contributed by atoms with Crippen LogP contribution in [0.2, 0.25) is 0 Å².